The van der Waals surface area contributed by atoms with Gasteiger partial charge in [0, 0.05) is 50.2 Å². The molecule has 2 heterocycles. The molecule has 212 valence electrons. The molecule has 0 unspecified atom stereocenters. The number of halogens is 3. The Labute approximate surface area is 232 Å². The summed E-state index contributed by atoms with van der Waals surface area (Å²) in [4.78, 5) is 40.1. The molecule has 1 aromatic heterocycles. The van der Waals surface area contributed by atoms with Gasteiger partial charge in [0.05, 0.1) is 21.1 Å². The number of nitrogens with zero attached hydrogens (tertiary/aromatic N) is 3. The maximum atomic E-state index is 13.2. The summed E-state index contributed by atoms with van der Waals surface area (Å²) in [6.07, 6.45) is -1.30. The second-order valence-electron chi connectivity index (χ2n) is 10.3. The lowest BCUT2D eigenvalue weighted by atomic mass is 9.87. The van der Waals surface area contributed by atoms with Crippen molar-refractivity contribution in [2.24, 2.45) is 5.92 Å². The quantitative estimate of drug-likeness (QED) is 0.211. The van der Waals surface area contributed by atoms with E-state index in [-0.39, 0.29) is 22.2 Å². The maximum Gasteiger partial charge on any atom is 0.416 e. The summed E-state index contributed by atoms with van der Waals surface area (Å²) in [7, 11) is 0. The summed E-state index contributed by atoms with van der Waals surface area (Å²) in [5.74, 6) is 0.197. The number of fused-ring (bicyclic) bond motifs is 1. The lowest BCUT2D eigenvalue weighted by Crippen LogP contribution is -2.48. The third-order valence-electron chi connectivity index (χ3n) is 7.60. The highest BCUT2D eigenvalue weighted by Gasteiger charge is 2.34. The maximum absolute atomic E-state index is 13.2. The third-order valence-corrected chi connectivity index (χ3v) is 8.82. The first kappa shape index (κ1) is 28.0. The van der Waals surface area contributed by atoms with Crippen LogP contribution < -0.4 is 10.3 Å². The Kier molecular flexibility index (Phi) is 8.09. The minimum absolute atomic E-state index is 0.0485. The molecule has 8 nitrogen and oxygen atoms in total. The Bertz CT molecular complexity index is 1450. The number of benzene rings is 2. The number of anilines is 1. The topological polar surface area (TPSA) is 93.0 Å². The molecule has 0 bridgehead atoms. The SMILES string of the molecule is O=C(OC1CCC(CN2CCN(c3cc(=O)c4cc(C(F)(F)F)cc([N+](=O)[O-])c4s3)CC2)CC1)c1ccccc1. The third kappa shape index (κ3) is 6.28. The molecule has 1 saturated heterocycles. The fourth-order valence-corrected chi connectivity index (χ4v) is 6.62. The van der Waals surface area contributed by atoms with Crippen LogP contribution in [0, 0.1) is 16.0 Å². The average molecular weight is 576 g/mol. The highest BCUT2D eigenvalue weighted by atomic mass is 32.1. The van der Waals surface area contributed by atoms with E-state index in [2.05, 4.69) is 4.90 Å². The van der Waals surface area contributed by atoms with Gasteiger partial charge in [-0.05, 0) is 49.8 Å². The largest absolute Gasteiger partial charge is 0.459 e. The molecule has 2 fully saturated rings. The number of nitro groups is 1. The monoisotopic (exact) mass is 575 g/mol. The number of rotatable bonds is 6. The van der Waals surface area contributed by atoms with Gasteiger partial charge in [-0.1, -0.05) is 18.2 Å². The van der Waals surface area contributed by atoms with Crippen LogP contribution in [0.25, 0.3) is 10.1 Å². The number of alkyl halides is 3. The Morgan fingerprint density at radius 1 is 1.02 bits per heavy atom. The van der Waals surface area contributed by atoms with Crippen molar-refractivity contribution >= 4 is 38.1 Å². The molecule has 3 aromatic rings. The lowest BCUT2D eigenvalue weighted by Gasteiger charge is -2.38. The van der Waals surface area contributed by atoms with E-state index < -0.39 is 27.8 Å². The molecule has 0 N–H and O–H groups in total. The van der Waals surface area contributed by atoms with Crippen LogP contribution in [0.2, 0.25) is 0 Å². The first-order valence-electron chi connectivity index (χ1n) is 13.2. The van der Waals surface area contributed by atoms with Crippen molar-refractivity contribution < 1.29 is 27.6 Å². The van der Waals surface area contributed by atoms with Gasteiger partial charge in [-0.25, -0.2) is 4.79 Å². The van der Waals surface area contributed by atoms with Crippen molar-refractivity contribution in [3.63, 3.8) is 0 Å². The molecule has 40 heavy (non-hydrogen) atoms. The van der Waals surface area contributed by atoms with Crippen LogP contribution in [-0.4, -0.2) is 54.6 Å². The van der Waals surface area contributed by atoms with E-state index in [1.54, 1.807) is 12.1 Å². The molecule has 12 heteroatoms. The molecule has 2 aromatic carbocycles. The molecule has 1 aliphatic heterocycles. The van der Waals surface area contributed by atoms with E-state index in [0.29, 0.717) is 41.7 Å². The number of hydrogen-bond acceptors (Lipinski definition) is 8. The van der Waals surface area contributed by atoms with Gasteiger partial charge >= 0.3 is 12.1 Å². The Hall–Kier alpha value is -3.51. The summed E-state index contributed by atoms with van der Waals surface area (Å²) in [5.41, 5.74) is -2.03. The van der Waals surface area contributed by atoms with Crippen LogP contribution in [-0.2, 0) is 10.9 Å². The van der Waals surface area contributed by atoms with Gasteiger partial charge in [0.25, 0.3) is 5.69 Å². The van der Waals surface area contributed by atoms with E-state index in [1.807, 2.05) is 23.1 Å². The molecule has 0 atom stereocenters. The minimum atomic E-state index is -4.79. The van der Waals surface area contributed by atoms with Crippen molar-refractivity contribution in [2.45, 2.75) is 38.0 Å². The normalized spacial score (nSPS) is 20.4. The minimum Gasteiger partial charge on any atom is -0.459 e. The Balaban J connectivity index is 1.17. The van der Waals surface area contributed by atoms with E-state index in [1.165, 1.54) is 6.07 Å². The molecule has 2 aliphatic rings. The standard InChI is InChI=1S/C28H28F3N3O5S/c29-28(30,31)20-14-22-24(35)16-25(40-26(22)23(15-20)34(37)38)33-12-10-32(11-13-33)17-18-6-8-21(9-7-18)39-27(36)19-4-2-1-3-5-19/h1-5,14-16,18,21H,6-13,17H2. The van der Waals surface area contributed by atoms with Crippen LogP contribution in [0.1, 0.15) is 41.6 Å². The molecule has 1 saturated carbocycles. The van der Waals surface area contributed by atoms with Gasteiger partial charge < -0.3 is 9.64 Å². The van der Waals surface area contributed by atoms with Crippen molar-refractivity contribution in [1.82, 2.24) is 4.90 Å². The fraction of sp³-hybridized carbons (Fsp3) is 0.429. The molecule has 1 aliphatic carbocycles. The second kappa shape index (κ2) is 11.5. The summed E-state index contributed by atoms with van der Waals surface area (Å²) in [6, 6.07) is 11.4. The first-order valence-corrected chi connectivity index (χ1v) is 14.0. The molecular weight excluding hydrogens is 547 g/mol. The zero-order valence-corrected chi connectivity index (χ0v) is 22.4. The van der Waals surface area contributed by atoms with Crippen LogP contribution in [0.4, 0.5) is 23.9 Å². The van der Waals surface area contributed by atoms with Crippen molar-refractivity contribution in [2.75, 3.05) is 37.6 Å². The van der Waals surface area contributed by atoms with Crippen LogP contribution in [0.5, 0.6) is 0 Å². The van der Waals surface area contributed by atoms with Crippen molar-refractivity contribution in [3.05, 3.63) is 80.0 Å². The first-order chi connectivity index (χ1) is 19.1. The summed E-state index contributed by atoms with van der Waals surface area (Å²) in [6.45, 7) is 3.57. The van der Waals surface area contributed by atoms with Gasteiger partial charge in [0.2, 0.25) is 0 Å². The van der Waals surface area contributed by atoms with Crippen molar-refractivity contribution in [3.8, 4) is 0 Å². The predicted octanol–water partition coefficient (Wildman–Crippen LogP) is 5.73. The number of piperazine rings is 1. The van der Waals surface area contributed by atoms with E-state index in [4.69, 9.17) is 4.74 Å². The van der Waals surface area contributed by atoms with Crippen molar-refractivity contribution in [1.29, 1.82) is 0 Å². The van der Waals surface area contributed by atoms with Gasteiger partial charge in [0.1, 0.15) is 10.8 Å². The number of non-ortho nitro benzene ring substituents is 1. The van der Waals surface area contributed by atoms with Gasteiger partial charge in [-0.15, -0.1) is 11.3 Å². The average Bonchev–Trinajstić information content (AvgIpc) is 2.94. The zero-order chi connectivity index (χ0) is 28.4. The van der Waals surface area contributed by atoms with Crippen LogP contribution in [0.15, 0.2) is 53.3 Å². The molecule has 0 amide bonds. The van der Waals surface area contributed by atoms with E-state index in [9.17, 15) is 32.9 Å². The number of carbonyl (C=O) groups excluding carboxylic acids is 1. The highest BCUT2D eigenvalue weighted by molar-refractivity contribution is 7.22. The zero-order valence-electron chi connectivity index (χ0n) is 21.6. The Morgan fingerprint density at radius 2 is 1.70 bits per heavy atom. The van der Waals surface area contributed by atoms with E-state index in [0.717, 1.165) is 56.7 Å². The van der Waals surface area contributed by atoms with Crippen LogP contribution in [0.3, 0.4) is 0 Å². The van der Waals surface area contributed by atoms with Gasteiger partial charge in [0.15, 0.2) is 5.43 Å². The molecule has 0 spiro atoms. The molecular formula is C28H28F3N3O5S. The number of hydrogen-bond donors (Lipinski definition) is 0. The number of esters is 1. The number of ether oxygens (including phenoxy) is 1. The lowest BCUT2D eigenvalue weighted by molar-refractivity contribution is -0.383. The fourth-order valence-electron chi connectivity index (χ4n) is 5.42. The van der Waals surface area contributed by atoms with E-state index >= 15 is 0 Å². The number of nitro benzene ring substituents is 1. The molecule has 5 rings (SSSR count). The van der Waals surface area contributed by atoms with Gasteiger partial charge in [-0.3, -0.25) is 19.8 Å². The smallest absolute Gasteiger partial charge is 0.416 e. The second-order valence-corrected chi connectivity index (χ2v) is 11.3. The van der Waals surface area contributed by atoms with Crippen LogP contribution >= 0.6 is 11.3 Å². The number of carbonyl (C=O) groups is 1. The van der Waals surface area contributed by atoms with Gasteiger partial charge in [-0.2, -0.15) is 13.2 Å². The highest BCUT2D eigenvalue weighted by Crippen LogP contribution is 2.39. The molecule has 0 radical (unpaired) electrons. The predicted molar refractivity (Wildman–Crippen MR) is 146 cm³/mol. The summed E-state index contributed by atoms with van der Waals surface area (Å²) < 4.78 is 45.4. The Morgan fingerprint density at radius 3 is 2.33 bits per heavy atom. The summed E-state index contributed by atoms with van der Waals surface area (Å²) >= 11 is 0.979. The summed E-state index contributed by atoms with van der Waals surface area (Å²) in [5, 5.41) is 11.8.